The molecule has 2 heterocycles. The number of nitrogens with zero attached hydrogens (tertiary/aromatic N) is 2. The van der Waals surface area contributed by atoms with Crippen molar-refractivity contribution in [3.8, 4) is 11.3 Å². The van der Waals surface area contributed by atoms with Crippen molar-refractivity contribution in [2.24, 2.45) is 0 Å². The van der Waals surface area contributed by atoms with Gasteiger partial charge in [0.15, 0.2) is 0 Å². The number of hydrogen-bond donors (Lipinski definition) is 1. The third-order valence-corrected chi connectivity index (χ3v) is 4.47. The average molecular weight is 325 g/mol. The Labute approximate surface area is 141 Å². The molecule has 0 spiro atoms. The first-order valence-corrected chi connectivity index (χ1v) is 8.41. The van der Waals surface area contributed by atoms with Crippen molar-refractivity contribution in [3.05, 3.63) is 58.4 Å². The van der Waals surface area contributed by atoms with Crippen LogP contribution in [-0.2, 0) is 0 Å². The van der Waals surface area contributed by atoms with E-state index in [0.29, 0.717) is 17.8 Å². The summed E-state index contributed by atoms with van der Waals surface area (Å²) >= 11 is 0. The minimum Gasteiger partial charge on any atom is -0.340 e. The number of hydrogen-bond acceptors (Lipinski definition) is 3. The Kier molecular flexibility index (Phi) is 5.11. The molecule has 0 saturated carbocycles. The van der Waals surface area contributed by atoms with Crippen LogP contribution in [0.25, 0.3) is 11.3 Å². The first-order valence-electron chi connectivity index (χ1n) is 8.41. The molecule has 1 amide bonds. The van der Waals surface area contributed by atoms with Crippen LogP contribution in [0.2, 0.25) is 0 Å². The number of nitrogens with one attached hydrogen (secondary N) is 1. The first kappa shape index (κ1) is 16.5. The van der Waals surface area contributed by atoms with Crippen molar-refractivity contribution in [1.29, 1.82) is 0 Å². The van der Waals surface area contributed by atoms with Gasteiger partial charge in [-0.2, -0.15) is 0 Å². The molecule has 0 radical (unpaired) electrons. The van der Waals surface area contributed by atoms with Gasteiger partial charge in [0, 0.05) is 37.5 Å². The molecule has 1 fully saturated rings. The second-order valence-corrected chi connectivity index (χ2v) is 6.29. The minimum atomic E-state index is -0.257. The molecule has 1 aliphatic heterocycles. The van der Waals surface area contributed by atoms with Gasteiger partial charge in [0.05, 0.1) is 0 Å². The van der Waals surface area contributed by atoms with E-state index in [0.717, 1.165) is 25.2 Å². The normalized spacial score (nSPS) is 14.7. The van der Waals surface area contributed by atoms with E-state index in [1.165, 1.54) is 18.9 Å². The number of aromatic nitrogens is 1. The molecular weight excluding hydrogens is 302 g/mol. The third kappa shape index (κ3) is 3.92. The smallest absolute Gasteiger partial charge is 0.253 e. The fourth-order valence-corrected chi connectivity index (χ4v) is 3.06. The highest BCUT2D eigenvalue weighted by Gasteiger charge is 2.16. The molecule has 126 valence electrons. The highest BCUT2D eigenvalue weighted by Crippen LogP contribution is 2.16. The molecule has 0 bridgehead atoms. The molecule has 24 heavy (non-hydrogen) atoms. The molecule has 1 aliphatic rings. The molecule has 1 aromatic heterocycles. The zero-order chi connectivity index (χ0) is 16.9. The summed E-state index contributed by atoms with van der Waals surface area (Å²) in [5.41, 5.74) is 1.73. The van der Waals surface area contributed by atoms with E-state index in [4.69, 9.17) is 0 Å². The van der Waals surface area contributed by atoms with Gasteiger partial charge in [-0.1, -0.05) is 30.3 Å². The molecule has 0 unspecified atom stereocenters. The lowest BCUT2D eigenvalue weighted by molar-refractivity contribution is 0.0782. The predicted octanol–water partition coefficient (Wildman–Crippen LogP) is 2.21. The lowest BCUT2D eigenvalue weighted by Gasteiger charge is -2.21. The van der Waals surface area contributed by atoms with Gasteiger partial charge in [0.2, 0.25) is 5.56 Å². The molecule has 2 aromatic rings. The van der Waals surface area contributed by atoms with Gasteiger partial charge in [0.1, 0.15) is 0 Å². The van der Waals surface area contributed by atoms with Crippen molar-refractivity contribution >= 4 is 5.91 Å². The van der Waals surface area contributed by atoms with E-state index < -0.39 is 0 Å². The summed E-state index contributed by atoms with van der Waals surface area (Å²) in [5, 5.41) is 0. The van der Waals surface area contributed by atoms with E-state index in [2.05, 4.69) is 9.88 Å². The minimum absolute atomic E-state index is 0.113. The average Bonchev–Trinajstić information content (AvgIpc) is 3.13. The van der Waals surface area contributed by atoms with Crippen LogP contribution in [0.4, 0.5) is 0 Å². The summed E-state index contributed by atoms with van der Waals surface area (Å²) in [6, 6.07) is 12.7. The maximum absolute atomic E-state index is 12.6. The second kappa shape index (κ2) is 7.45. The van der Waals surface area contributed by atoms with Gasteiger partial charge >= 0.3 is 0 Å². The Morgan fingerprint density at radius 1 is 1.17 bits per heavy atom. The zero-order valence-corrected chi connectivity index (χ0v) is 14.0. The topological polar surface area (TPSA) is 56.4 Å². The summed E-state index contributed by atoms with van der Waals surface area (Å²) < 4.78 is 0. The van der Waals surface area contributed by atoms with E-state index in [1.54, 1.807) is 18.0 Å². The van der Waals surface area contributed by atoms with Crippen LogP contribution < -0.4 is 5.56 Å². The fraction of sp³-hybridized carbons (Fsp3) is 0.368. The number of H-pyrrole nitrogens is 1. The number of aromatic amines is 1. The van der Waals surface area contributed by atoms with Crippen LogP contribution >= 0.6 is 0 Å². The third-order valence-electron chi connectivity index (χ3n) is 4.47. The Morgan fingerprint density at radius 2 is 1.88 bits per heavy atom. The summed E-state index contributed by atoms with van der Waals surface area (Å²) in [6.45, 7) is 3.79. The largest absolute Gasteiger partial charge is 0.340 e. The van der Waals surface area contributed by atoms with E-state index >= 15 is 0 Å². The Bertz CT molecular complexity index is 749. The monoisotopic (exact) mass is 325 g/mol. The molecule has 1 N–H and O–H groups in total. The van der Waals surface area contributed by atoms with Crippen molar-refractivity contribution in [2.45, 2.75) is 12.8 Å². The molecule has 3 rings (SSSR count). The number of amides is 1. The second-order valence-electron chi connectivity index (χ2n) is 6.29. The van der Waals surface area contributed by atoms with Gasteiger partial charge in [0.25, 0.3) is 5.91 Å². The molecule has 5 heteroatoms. The molecule has 1 aromatic carbocycles. The summed E-state index contributed by atoms with van der Waals surface area (Å²) in [5.74, 6) is -0.113. The predicted molar refractivity (Wildman–Crippen MR) is 95.1 cm³/mol. The molecule has 5 nitrogen and oxygen atoms in total. The standard InChI is InChI=1S/C19H23N3O2/c1-21(11-12-22-9-5-6-10-22)19(24)16-13-17(20-18(23)14-16)15-7-3-2-4-8-15/h2-4,7-8,13-14H,5-6,9-12H2,1H3,(H,20,23). The highest BCUT2D eigenvalue weighted by atomic mass is 16.2. The Morgan fingerprint density at radius 3 is 2.58 bits per heavy atom. The van der Waals surface area contributed by atoms with Crippen molar-refractivity contribution in [3.63, 3.8) is 0 Å². The van der Waals surface area contributed by atoms with Gasteiger partial charge < -0.3 is 14.8 Å². The number of benzene rings is 1. The van der Waals surface area contributed by atoms with Crippen LogP contribution in [0.1, 0.15) is 23.2 Å². The van der Waals surface area contributed by atoms with Gasteiger partial charge in [-0.05, 0) is 37.6 Å². The van der Waals surface area contributed by atoms with Crippen LogP contribution in [0.15, 0.2) is 47.3 Å². The van der Waals surface area contributed by atoms with Crippen LogP contribution in [-0.4, -0.2) is 53.9 Å². The first-order chi connectivity index (χ1) is 11.6. The number of pyridine rings is 1. The summed E-state index contributed by atoms with van der Waals surface area (Å²) in [6.07, 6.45) is 2.48. The van der Waals surface area contributed by atoms with E-state index in [-0.39, 0.29) is 11.5 Å². The van der Waals surface area contributed by atoms with E-state index in [1.807, 2.05) is 30.3 Å². The lowest BCUT2D eigenvalue weighted by Crippen LogP contribution is -2.35. The van der Waals surface area contributed by atoms with Gasteiger partial charge in [-0.25, -0.2) is 0 Å². The number of carbonyl (C=O) groups excluding carboxylic acids is 1. The molecule has 0 atom stereocenters. The summed E-state index contributed by atoms with van der Waals surface area (Å²) in [7, 11) is 1.79. The van der Waals surface area contributed by atoms with Crippen molar-refractivity contribution in [1.82, 2.24) is 14.8 Å². The highest BCUT2D eigenvalue weighted by molar-refractivity contribution is 5.94. The summed E-state index contributed by atoms with van der Waals surface area (Å²) in [4.78, 5) is 31.5. The van der Waals surface area contributed by atoms with Crippen LogP contribution in [0.5, 0.6) is 0 Å². The van der Waals surface area contributed by atoms with Gasteiger partial charge in [-0.3, -0.25) is 9.59 Å². The molecule has 0 aliphatic carbocycles. The van der Waals surface area contributed by atoms with Crippen LogP contribution in [0.3, 0.4) is 0 Å². The number of likely N-dealkylation sites (N-methyl/N-ethyl adjacent to an activating group) is 1. The maximum atomic E-state index is 12.6. The molecule has 1 saturated heterocycles. The number of likely N-dealkylation sites (tertiary alicyclic amines) is 1. The fourth-order valence-electron chi connectivity index (χ4n) is 3.06. The molecular formula is C19H23N3O2. The quantitative estimate of drug-likeness (QED) is 0.917. The SMILES string of the molecule is CN(CCN1CCCC1)C(=O)c1cc(-c2ccccc2)[nH]c(=O)c1. The van der Waals surface area contributed by atoms with Gasteiger partial charge in [-0.15, -0.1) is 0 Å². The lowest BCUT2D eigenvalue weighted by atomic mass is 10.1. The zero-order valence-electron chi connectivity index (χ0n) is 14.0. The van der Waals surface area contributed by atoms with E-state index in [9.17, 15) is 9.59 Å². The number of carbonyl (C=O) groups is 1. The maximum Gasteiger partial charge on any atom is 0.253 e. The number of rotatable bonds is 5. The van der Waals surface area contributed by atoms with Crippen molar-refractivity contribution in [2.75, 3.05) is 33.2 Å². The van der Waals surface area contributed by atoms with Crippen molar-refractivity contribution < 1.29 is 4.79 Å². The Hall–Kier alpha value is -2.40. The van der Waals surface area contributed by atoms with Crippen LogP contribution in [0, 0.1) is 0 Å². The Balaban J connectivity index is 1.74.